The molecule has 104 valence electrons. The third-order valence-corrected chi connectivity index (χ3v) is 4.31. The van der Waals surface area contributed by atoms with Crippen LogP contribution in [0.25, 0.3) is 0 Å². The standard InChI is InChI=1S/C12H12F3NO2S/c13-12(14,15)10-4-6-11(7-5-10)19(17,18)9-3-1-2-8-16/h4-7H,1-3,9H2. The molecule has 0 saturated heterocycles. The molecule has 0 amide bonds. The van der Waals surface area contributed by atoms with Gasteiger partial charge in [0.15, 0.2) is 9.84 Å². The summed E-state index contributed by atoms with van der Waals surface area (Å²) in [6, 6.07) is 5.32. The molecule has 0 radical (unpaired) electrons. The molecule has 7 heteroatoms. The average molecular weight is 291 g/mol. The maximum atomic E-state index is 12.3. The van der Waals surface area contributed by atoms with Crippen molar-refractivity contribution >= 4 is 9.84 Å². The van der Waals surface area contributed by atoms with E-state index in [-0.39, 0.29) is 17.1 Å². The number of unbranched alkanes of at least 4 members (excludes halogenated alkanes) is 2. The molecule has 0 aliphatic rings. The van der Waals surface area contributed by atoms with Crippen molar-refractivity contribution in [2.24, 2.45) is 0 Å². The van der Waals surface area contributed by atoms with Crippen LogP contribution in [0.2, 0.25) is 0 Å². The largest absolute Gasteiger partial charge is 0.416 e. The van der Waals surface area contributed by atoms with E-state index in [4.69, 9.17) is 5.26 Å². The predicted octanol–water partition coefficient (Wildman–Crippen LogP) is 3.17. The van der Waals surface area contributed by atoms with Crippen LogP contribution in [0.15, 0.2) is 29.2 Å². The van der Waals surface area contributed by atoms with Gasteiger partial charge in [0.1, 0.15) is 0 Å². The summed E-state index contributed by atoms with van der Waals surface area (Å²) >= 11 is 0. The summed E-state index contributed by atoms with van der Waals surface area (Å²) in [5.41, 5.74) is -0.879. The van der Waals surface area contributed by atoms with Crippen molar-refractivity contribution < 1.29 is 21.6 Å². The number of rotatable bonds is 5. The minimum Gasteiger partial charge on any atom is -0.224 e. The molecule has 0 spiro atoms. The third kappa shape index (κ3) is 4.56. The zero-order valence-electron chi connectivity index (χ0n) is 9.94. The minimum atomic E-state index is -4.48. The maximum Gasteiger partial charge on any atom is 0.416 e. The smallest absolute Gasteiger partial charge is 0.224 e. The highest BCUT2D eigenvalue weighted by Gasteiger charge is 2.30. The molecule has 0 unspecified atom stereocenters. The van der Waals surface area contributed by atoms with E-state index in [2.05, 4.69) is 0 Å². The van der Waals surface area contributed by atoms with Gasteiger partial charge in [-0.3, -0.25) is 0 Å². The number of halogens is 3. The molecule has 0 bridgehead atoms. The van der Waals surface area contributed by atoms with E-state index in [0.29, 0.717) is 12.8 Å². The fourth-order valence-corrected chi connectivity index (χ4v) is 2.84. The Kier molecular flexibility index (Phi) is 4.95. The topological polar surface area (TPSA) is 57.9 Å². The van der Waals surface area contributed by atoms with Crippen molar-refractivity contribution in [2.45, 2.75) is 30.3 Å². The summed E-state index contributed by atoms with van der Waals surface area (Å²) < 4.78 is 60.6. The van der Waals surface area contributed by atoms with Gasteiger partial charge in [-0.2, -0.15) is 18.4 Å². The SMILES string of the molecule is N#CCCCCS(=O)(=O)c1ccc(C(F)(F)F)cc1. The van der Waals surface area contributed by atoms with Gasteiger partial charge < -0.3 is 0 Å². The molecule has 0 N–H and O–H groups in total. The lowest BCUT2D eigenvalue weighted by Gasteiger charge is -2.08. The average Bonchev–Trinajstić information content (AvgIpc) is 2.34. The highest BCUT2D eigenvalue weighted by atomic mass is 32.2. The first kappa shape index (κ1) is 15.5. The molecule has 3 nitrogen and oxygen atoms in total. The number of benzene rings is 1. The molecular weight excluding hydrogens is 279 g/mol. The second-order valence-electron chi connectivity index (χ2n) is 3.96. The van der Waals surface area contributed by atoms with Crippen LogP contribution in [-0.2, 0) is 16.0 Å². The van der Waals surface area contributed by atoms with E-state index >= 15 is 0 Å². The molecule has 0 aliphatic heterocycles. The quantitative estimate of drug-likeness (QED) is 0.783. The number of nitriles is 1. The Morgan fingerprint density at radius 1 is 1.11 bits per heavy atom. The molecule has 19 heavy (non-hydrogen) atoms. The van der Waals surface area contributed by atoms with Crippen molar-refractivity contribution in [3.05, 3.63) is 29.8 Å². The van der Waals surface area contributed by atoms with Gasteiger partial charge in [-0.1, -0.05) is 0 Å². The molecule has 1 aromatic rings. The third-order valence-electron chi connectivity index (χ3n) is 2.49. The molecule has 0 atom stereocenters. The molecule has 1 aromatic carbocycles. The summed E-state index contributed by atoms with van der Waals surface area (Å²) in [7, 11) is -3.58. The van der Waals surface area contributed by atoms with Crippen molar-refractivity contribution in [3.8, 4) is 6.07 Å². The van der Waals surface area contributed by atoms with Gasteiger partial charge in [-0.15, -0.1) is 0 Å². The van der Waals surface area contributed by atoms with Gasteiger partial charge >= 0.3 is 6.18 Å². The molecule has 0 saturated carbocycles. The first-order chi connectivity index (χ1) is 8.77. The molecule has 0 heterocycles. The van der Waals surface area contributed by atoms with Crippen molar-refractivity contribution in [2.75, 3.05) is 5.75 Å². The predicted molar refractivity (Wildman–Crippen MR) is 63.0 cm³/mol. The van der Waals surface area contributed by atoms with Crippen LogP contribution in [0.3, 0.4) is 0 Å². The lowest BCUT2D eigenvalue weighted by atomic mass is 10.2. The Bertz CT molecular complexity index is 556. The van der Waals surface area contributed by atoms with Crippen LogP contribution in [0.1, 0.15) is 24.8 Å². The molecule has 0 aromatic heterocycles. The van der Waals surface area contributed by atoms with E-state index in [1.165, 1.54) is 0 Å². The number of nitrogens with zero attached hydrogens (tertiary/aromatic N) is 1. The van der Waals surface area contributed by atoms with E-state index in [0.717, 1.165) is 24.3 Å². The van der Waals surface area contributed by atoms with Crippen molar-refractivity contribution in [3.63, 3.8) is 0 Å². The number of hydrogen-bond donors (Lipinski definition) is 0. The number of hydrogen-bond acceptors (Lipinski definition) is 3. The highest BCUT2D eigenvalue weighted by Crippen LogP contribution is 2.29. The first-order valence-corrected chi connectivity index (χ1v) is 7.19. The minimum absolute atomic E-state index is 0.127. The first-order valence-electron chi connectivity index (χ1n) is 5.54. The fourth-order valence-electron chi connectivity index (χ4n) is 1.47. The monoisotopic (exact) mass is 291 g/mol. The summed E-state index contributed by atoms with van der Waals surface area (Å²) in [6.45, 7) is 0. The summed E-state index contributed by atoms with van der Waals surface area (Å²) in [5, 5.41) is 8.31. The summed E-state index contributed by atoms with van der Waals surface area (Å²) in [6.07, 6.45) is -3.44. The Hall–Kier alpha value is -1.55. The van der Waals surface area contributed by atoms with Crippen molar-refractivity contribution in [1.29, 1.82) is 5.26 Å². The zero-order valence-corrected chi connectivity index (χ0v) is 10.8. The number of sulfone groups is 1. The summed E-state index contributed by atoms with van der Waals surface area (Å²) in [5.74, 6) is -0.167. The zero-order chi connectivity index (χ0) is 14.5. The highest BCUT2D eigenvalue weighted by molar-refractivity contribution is 7.91. The Morgan fingerprint density at radius 3 is 2.16 bits per heavy atom. The number of alkyl halides is 3. The van der Waals surface area contributed by atoms with E-state index in [1.54, 1.807) is 0 Å². The molecule has 0 fully saturated rings. The molecule has 1 rings (SSSR count). The lowest BCUT2D eigenvalue weighted by molar-refractivity contribution is -0.137. The Balaban J connectivity index is 2.77. The van der Waals surface area contributed by atoms with Crippen LogP contribution in [0.4, 0.5) is 13.2 Å². The fraction of sp³-hybridized carbons (Fsp3) is 0.417. The van der Waals surface area contributed by atoms with E-state index in [9.17, 15) is 21.6 Å². The van der Waals surface area contributed by atoms with Crippen LogP contribution in [0, 0.1) is 11.3 Å². The Morgan fingerprint density at radius 2 is 1.68 bits per heavy atom. The van der Waals surface area contributed by atoms with Crippen LogP contribution >= 0.6 is 0 Å². The second kappa shape index (κ2) is 6.06. The van der Waals surface area contributed by atoms with Crippen molar-refractivity contribution in [1.82, 2.24) is 0 Å². The van der Waals surface area contributed by atoms with Gasteiger partial charge in [0.2, 0.25) is 0 Å². The lowest BCUT2D eigenvalue weighted by Crippen LogP contribution is -2.09. The normalized spacial score (nSPS) is 12.1. The second-order valence-corrected chi connectivity index (χ2v) is 6.07. The molecule has 0 aliphatic carbocycles. The van der Waals surface area contributed by atoms with Gasteiger partial charge in [0.05, 0.1) is 22.3 Å². The Labute approximate surface area is 109 Å². The van der Waals surface area contributed by atoms with Gasteiger partial charge in [0, 0.05) is 6.42 Å². The van der Waals surface area contributed by atoms with Crippen LogP contribution < -0.4 is 0 Å². The van der Waals surface area contributed by atoms with Gasteiger partial charge in [-0.05, 0) is 37.1 Å². The van der Waals surface area contributed by atoms with E-state index < -0.39 is 21.6 Å². The molecular formula is C12H12F3NO2S. The summed E-state index contributed by atoms with van der Waals surface area (Å²) in [4.78, 5) is -0.127. The van der Waals surface area contributed by atoms with Gasteiger partial charge in [-0.25, -0.2) is 8.42 Å². The maximum absolute atomic E-state index is 12.3. The van der Waals surface area contributed by atoms with Crippen LogP contribution in [0.5, 0.6) is 0 Å². The van der Waals surface area contributed by atoms with Gasteiger partial charge in [0.25, 0.3) is 0 Å². The van der Waals surface area contributed by atoms with E-state index in [1.807, 2.05) is 6.07 Å². The van der Waals surface area contributed by atoms with Crippen LogP contribution in [-0.4, -0.2) is 14.2 Å².